The van der Waals surface area contributed by atoms with Gasteiger partial charge in [0.05, 0.1) is 24.5 Å². The van der Waals surface area contributed by atoms with E-state index in [1.807, 2.05) is 24.3 Å². The molecule has 0 saturated heterocycles. The van der Waals surface area contributed by atoms with Gasteiger partial charge in [0, 0.05) is 11.6 Å². The fourth-order valence-corrected chi connectivity index (χ4v) is 2.39. The molecule has 0 aliphatic carbocycles. The summed E-state index contributed by atoms with van der Waals surface area (Å²) in [6, 6.07) is 14.3. The lowest BCUT2D eigenvalue weighted by molar-refractivity contribution is -0.111. The number of nitrogens with one attached hydrogen (secondary N) is 1. The lowest BCUT2D eigenvalue weighted by atomic mass is 10.1. The molecule has 0 atom stereocenters. The van der Waals surface area contributed by atoms with Crippen LogP contribution in [0.1, 0.15) is 42.6 Å². The van der Waals surface area contributed by atoms with Gasteiger partial charge in [-0.05, 0) is 37.6 Å². The maximum Gasteiger partial charge on any atom is 0.340 e. The number of unbranched alkanes of at least 4 members (excludes halogenated alkanes) is 1. The number of benzene rings is 2. The zero-order chi connectivity index (χ0) is 19.5. The summed E-state index contributed by atoms with van der Waals surface area (Å²) >= 11 is 0. The predicted octanol–water partition coefficient (Wildman–Crippen LogP) is 4.69. The van der Waals surface area contributed by atoms with E-state index in [-0.39, 0.29) is 12.5 Å². The Morgan fingerprint density at radius 1 is 1.04 bits per heavy atom. The molecule has 2 aromatic carbocycles. The molecule has 0 bridgehead atoms. The Kier molecular flexibility index (Phi) is 8.10. The first-order chi connectivity index (χ1) is 13.2. The summed E-state index contributed by atoms with van der Waals surface area (Å²) in [6.07, 6.45) is 5.15. The molecule has 27 heavy (non-hydrogen) atoms. The lowest BCUT2D eigenvalue weighted by Crippen LogP contribution is -2.13. The Morgan fingerprint density at radius 2 is 1.78 bits per heavy atom. The van der Waals surface area contributed by atoms with Gasteiger partial charge in [0.15, 0.2) is 0 Å². The fourth-order valence-electron chi connectivity index (χ4n) is 2.39. The highest BCUT2D eigenvalue weighted by atomic mass is 16.5. The van der Waals surface area contributed by atoms with Gasteiger partial charge in [0.1, 0.15) is 5.75 Å². The van der Waals surface area contributed by atoms with E-state index in [2.05, 4.69) is 12.2 Å². The van der Waals surface area contributed by atoms with E-state index in [1.165, 1.54) is 6.08 Å². The molecule has 142 valence electrons. The maximum atomic E-state index is 12.3. The van der Waals surface area contributed by atoms with E-state index >= 15 is 0 Å². The number of para-hydroxylation sites is 2. The van der Waals surface area contributed by atoms with Crippen molar-refractivity contribution >= 4 is 23.6 Å². The van der Waals surface area contributed by atoms with Crippen molar-refractivity contribution < 1.29 is 19.1 Å². The average molecular weight is 367 g/mol. The van der Waals surface area contributed by atoms with Gasteiger partial charge in [0.2, 0.25) is 5.91 Å². The van der Waals surface area contributed by atoms with E-state index in [9.17, 15) is 9.59 Å². The summed E-state index contributed by atoms with van der Waals surface area (Å²) in [6.45, 7) is 4.76. The minimum absolute atomic E-state index is 0.274. The SMILES string of the molecule is CCCCOc1ccccc1C=CC(=O)Nc1ccccc1C(=O)OCC. The number of anilines is 1. The Balaban J connectivity index is 2.08. The molecule has 0 unspecified atom stereocenters. The van der Waals surface area contributed by atoms with Gasteiger partial charge in [-0.3, -0.25) is 4.79 Å². The van der Waals surface area contributed by atoms with Gasteiger partial charge >= 0.3 is 5.97 Å². The second-order valence-corrected chi connectivity index (χ2v) is 5.83. The van der Waals surface area contributed by atoms with Gasteiger partial charge in [0.25, 0.3) is 0 Å². The standard InChI is InChI=1S/C22H25NO4/c1-3-5-16-27-20-13-9-6-10-17(20)14-15-21(24)23-19-12-8-7-11-18(19)22(25)26-4-2/h6-15H,3-5,16H2,1-2H3,(H,23,24). The van der Waals surface area contributed by atoms with Crippen molar-refractivity contribution in [3.63, 3.8) is 0 Å². The van der Waals surface area contributed by atoms with Crippen LogP contribution in [0.15, 0.2) is 54.6 Å². The second kappa shape index (κ2) is 10.8. The predicted molar refractivity (Wildman–Crippen MR) is 107 cm³/mol. The number of carbonyl (C=O) groups excluding carboxylic acids is 2. The maximum absolute atomic E-state index is 12.3. The van der Waals surface area contributed by atoms with E-state index in [0.717, 1.165) is 24.2 Å². The summed E-state index contributed by atoms with van der Waals surface area (Å²) in [7, 11) is 0. The Morgan fingerprint density at radius 3 is 2.56 bits per heavy atom. The minimum Gasteiger partial charge on any atom is -0.493 e. The number of amides is 1. The third-order valence-corrected chi connectivity index (χ3v) is 3.77. The number of esters is 1. The van der Waals surface area contributed by atoms with Crippen LogP contribution in [0.5, 0.6) is 5.75 Å². The molecule has 0 aromatic heterocycles. The molecule has 2 rings (SSSR count). The van der Waals surface area contributed by atoms with Crippen LogP contribution in [0.2, 0.25) is 0 Å². The van der Waals surface area contributed by atoms with Gasteiger partial charge in [-0.1, -0.05) is 43.7 Å². The summed E-state index contributed by atoms with van der Waals surface area (Å²) in [5, 5.41) is 2.72. The molecular formula is C22H25NO4. The molecule has 1 amide bonds. The van der Waals surface area contributed by atoms with Crippen LogP contribution in [0.4, 0.5) is 5.69 Å². The molecule has 0 heterocycles. The molecule has 0 aliphatic rings. The minimum atomic E-state index is -0.466. The zero-order valence-corrected chi connectivity index (χ0v) is 15.7. The molecule has 0 aliphatic heterocycles. The fraction of sp³-hybridized carbons (Fsp3) is 0.273. The highest BCUT2D eigenvalue weighted by Gasteiger charge is 2.13. The van der Waals surface area contributed by atoms with Crippen molar-refractivity contribution in [2.24, 2.45) is 0 Å². The van der Waals surface area contributed by atoms with E-state index in [1.54, 1.807) is 37.3 Å². The van der Waals surface area contributed by atoms with Gasteiger partial charge in [-0.25, -0.2) is 4.79 Å². The Hall–Kier alpha value is -3.08. The normalized spacial score (nSPS) is 10.6. The van der Waals surface area contributed by atoms with Crippen LogP contribution < -0.4 is 10.1 Å². The molecule has 1 N–H and O–H groups in total. The molecule has 0 saturated carbocycles. The van der Waals surface area contributed by atoms with Crippen molar-refractivity contribution in [1.82, 2.24) is 0 Å². The first kappa shape index (κ1) is 20.2. The smallest absolute Gasteiger partial charge is 0.340 e. The first-order valence-electron chi connectivity index (χ1n) is 9.12. The van der Waals surface area contributed by atoms with Crippen molar-refractivity contribution in [2.45, 2.75) is 26.7 Å². The number of hydrogen-bond donors (Lipinski definition) is 1. The monoisotopic (exact) mass is 367 g/mol. The van der Waals surface area contributed by atoms with Gasteiger partial charge in [-0.15, -0.1) is 0 Å². The van der Waals surface area contributed by atoms with Gasteiger partial charge < -0.3 is 14.8 Å². The van der Waals surface area contributed by atoms with Crippen molar-refractivity contribution in [3.05, 3.63) is 65.7 Å². The summed E-state index contributed by atoms with van der Waals surface area (Å²) in [5.41, 5.74) is 1.56. The molecular weight excluding hydrogens is 342 g/mol. The van der Waals surface area contributed by atoms with Gasteiger partial charge in [-0.2, -0.15) is 0 Å². The molecule has 5 nitrogen and oxygen atoms in total. The van der Waals surface area contributed by atoms with E-state index in [0.29, 0.717) is 17.9 Å². The second-order valence-electron chi connectivity index (χ2n) is 5.83. The first-order valence-corrected chi connectivity index (χ1v) is 9.12. The Labute approximate surface area is 160 Å². The summed E-state index contributed by atoms with van der Waals surface area (Å²) in [5.74, 6) is -0.0657. The number of ether oxygens (including phenoxy) is 2. The number of carbonyl (C=O) groups is 2. The summed E-state index contributed by atoms with van der Waals surface area (Å²) in [4.78, 5) is 24.3. The quantitative estimate of drug-likeness (QED) is 0.397. The molecule has 2 aromatic rings. The highest BCUT2D eigenvalue weighted by Crippen LogP contribution is 2.20. The van der Waals surface area contributed by atoms with Crippen molar-refractivity contribution in [2.75, 3.05) is 18.5 Å². The topological polar surface area (TPSA) is 64.6 Å². The number of hydrogen-bond acceptors (Lipinski definition) is 4. The molecule has 0 spiro atoms. The third-order valence-electron chi connectivity index (χ3n) is 3.77. The van der Waals surface area contributed by atoms with Crippen LogP contribution >= 0.6 is 0 Å². The van der Waals surface area contributed by atoms with Crippen LogP contribution in [0.3, 0.4) is 0 Å². The molecule has 0 fully saturated rings. The molecule has 0 radical (unpaired) electrons. The zero-order valence-electron chi connectivity index (χ0n) is 15.7. The third kappa shape index (κ3) is 6.29. The van der Waals surface area contributed by atoms with E-state index in [4.69, 9.17) is 9.47 Å². The van der Waals surface area contributed by atoms with Crippen LogP contribution in [0, 0.1) is 0 Å². The van der Waals surface area contributed by atoms with E-state index < -0.39 is 5.97 Å². The average Bonchev–Trinajstić information content (AvgIpc) is 2.68. The van der Waals surface area contributed by atoms with Crippen LogP contribution in [0.25, 0.3) is 6.08 Å². The highest BCUT2D eigenvalue weighted by molar-refractivity contribution is 6.06. The summed E-state index contributed by atoms with van der Waals surface area (Å²) < 4.78 is 10.8. The number of rotatable bonds is 9. The molecule has 5 heteroatoms. The lowest BCUT2D eigenvalue weighted by Gasteiger charge is -2.09. The largest absolute Gasteiger partial charge is 0.493 e. The van der Waals surface area contributed by atoms with Crippen molar-refractivity contribution in [3.8, 4) is 5.75 Å². The van der Waals surface area contributed by atoms with Crippen molar-refractivity contribution in [1.29, 1.82) is 0 Å². The van der Waals surface area contributed by atoms with Crippen LogP contribution in [-0.2, 0) is 9.53 Å². The van der Waals surface area contributed by atoms with Crippen LogP contribution in [-0.4, -0.2) is 25.1 Å². The Bertz CT molecular complexity index is 798.